The Bertz CT molecular complexity index is 590. The third-order valence-electron chi connectivity index (χ3n) is 9.34. The van der Waals surface area contributed by atoms with E-state index < -0.39 is 13.9 Å². The Morgan fingerprint density at radius 1 is 1.13 bits per heavy atom. The number of ether oxygens (including phenoxy) is 1. The highest BCUT2D eigenvalue weighted by Crippen LogP contribution is 2.58. The first kappa shape index (κ1) is 27.1. The SMILES string of the molecule is C=C(COCCCC(O)(CC)CC)[C@@H]1CC[C@@H]2[C@H](O[Si](C)(C)C(C)(C)C)CCC[C@]21C. The second kappa shape index (κ2) is 10.4. The minimum Gasteiger partial charge on any atom is -0.414 e. The lowest BCUT2D eigenvalue weighted by atomic mass is 9.63. The molecule has 0 aromatic carbocycles. The Kier molecular flexibility index (Phi) is 9.09. The predicted molar refractivity (Wildman–Crippen MR) is 135 cm³/mol. The molecule has 0 unspecified atom stereocenters. The van der Waals surface area contributed by atoms with E-state index in [1.807, 2.05) is 0 Å². The zero-order valence-electron chi connectivity index (χ0n) is 22.0. The van der Waals surface area contributed by atoms with E-state index in [0.717, 1.165) is 25.7 Å². The van der Waals surface area contributed by atoms with Crippen LogP contribution in [-0.4, -0.2) is 38.3 Å². The molecule has 2 rings (SSSR count). The molecule has 2 fully saturated rings. The number of hydrogen-bond donors (Lipinski definition) is 1. The monoisotopic (exact) mass is 452 g/mol. The Morgan fingerprint density at radius 3 is 2.35 bits per heavy atom. The van der Waals surface area contributed by atoms with Crippen LogP contribution in [0.15, 0.2) is 12.2 Å². The standard InChI is InChI=1S/C27H52O3Si/c1-10-27(28,11-2)18-13-19-29-20-21(3)22-15-16-23-24(14-12-17-26(22,23)7)30-31(8,9)25(4,5)6/h22-24,28H,3,10-20H2,1-2,4-9H3/t22-,23+,24+,26-/m0/s1. The van der Waals surface area contributed by atoms with Crippen LogP contribution in [0.2, 0.25) is 18.1 Å². The summed E-state index contributed by atoms with van der Waals surface area (Å²) in [5, 5.41) is 10.7. The smallest absolute Gasteiger partial charge is 0.192 e. The minimum absolute atomic E-state index is 0.262. The molecule has 0 saturated heterocycles. The van der Waals surface area contributed by atoms with Crippen LogP contribution in [0.25, 0.3) is 0 Å². The summed E-state index contributed by atoms with van der Waals surface area (Å²) >= 11 is 0. The quantitative estimate of drug-likeness (QED) is 0.200. The highest BCUT2D eigenvalue weighted by atomic mass is 28.4. The van der Waals surface area contributed by atoms with Gasteiger partial charge in [0.1, 0.15) is 0 Å². The van der Waals surface area contributed by atoms with Gasteiger partial charge in [0, 0.05) is 12.7 Å². The molecule has 4 atom stereocenters. The van der Waals surface area contributed by atoms with Crippen LogP contribution in [-0.2, 0) is 9.16 Å². The third-order valence-corrected chi connectivity index (χ3v) is 13.8. The summed E-state index contributed by atoms with van der Waals surface area (Å²) in [6, 6.07) is 0. The molecule has 31 heavy (non-hydrogen) atoms. The molecule has 2 aliphatic rings. The second-order valence-electron chi connectivity index (χ2n) is 12.3. The van der Waals surface area contributed by atoms with Gasteiger partial charge in [-0.1, -0.05) is 54.5 Å². The molecule has 0 bridgehead atoms. The molecular formula is C27H52O3Si. The lowest BCUT2D eigenvalue weighted by Gasteiger charge is -2.49. The van der Waals surface area contributed by atoms with Crippen LogP contribution < -0.4 is 0 Å². The average molecular weight is 453 g/mol. The van der Waals surface area contributed by atoms with Gasteiger partial charge < -0.3 is 14.3 Å². The largest absolute Gasteiger partial charge is 0.414 e. The molecule has 2 saturated carbocycles. The molecule has 0 aromatic heterocycles. The summed E-state index contributed by atoms with van der Waals surface area (Å²) in [7, 11) is -1.75. The Hall–Kier alpha value is -0.163. The van der Waals surface area contributed by atoms with Gasteiger partial charge in [0.15, 0.2) is 8.32 Å². The molecule has 0 heterocycles. The van der Waals surface area contributed by atoms with E-state index in [1.54, 1.807) is 0 Å². The molecule has 0 radical (unpaired) electrons. The van der Waals surface area contributed by atoms with Crippen LogP contribution in [0.4, 0.5) is 0 Å². The van der Waals surface area contributed by atoms with Gasteiger partial charge in [0.2, 0.25) is 0 Å². The zero-order valence-corrected chi connectivity index (χ0v) is 23.0. The fraction of sp³-hybridized carbons (Fsp3) is 0.926. The Balaban J connectivity index is 1.91. The van der Waals surface area contributed by atoms with Crippen molar-refractivity contribution in [2.75, 3.05) is 13.2 Å². The fourth-order valence-electron chi connectivity index (χ4n) is 5.90. The topological polar surface area (TPSA) is 38.7 Å². The van der Waals surface area contributed by atoms with E-state index in [-0.39, 0.29) is 5.04 Å². The molecular weight excluding hydrogens is 400 g/mol. The van der Waals surface area contributed by atoms with E-state index in [2.05, 4.69) is 61.2 Å². The van der Waals surface area contributed by atoms with Crippen LogP contribution in [0.3, 0.4) is 0 Å². The third kappa shape index (κ3) is 6.25. The molecule has 2 aliphatic carbocycles. The molecule has 0 aromatic rings. The van der Waals surface area contributed by atoms with Gasteiger partial charge in [-0.15, -0.1) is 0 Å². The molecule has 4 heteroatoms. The number of rotatable bonds is 11. The van der Waals surface area contributed by atoms with Crippen LogP contribution >= 0.6 is 0 Å². The lowest BCUT2D eigenvalue weighted by Crippen LogP contribution is -2.50. The molecule has 3 nitrogen and oxygen atoms in total. The lowest BCUT2D eigenvalue weighted by molar-refractivity contribution is -0.00682. The van der Waals surface area contributed by atoms with E-state index in [0.29, 0.717) is 36.6 Å². The summed E-state index contributed by atoms with van der Waals surface area (Å²) in [5.41, 5.74) is 1.06. The van der Waals surface area contributed by atoms with Crippen LogP contribution in [0.1, 0.15) is 99.3 Å². The zero-order chi connectivity index (χ0) is 23.5. The maximum Gasteiger partial charge on any atom is 0.192 e. The van der Waals surface area contributed by atoms with Crippen molar-refractivity contribution >= 4 is 8.32 Å². The predicted octanol–water partition coefficient (Wildman–Crippen LogP) is 7.50. The highest BCUT2D eigenvalue weighted by Gasteiger charge is 2.53. The molecule has 1 N–H and O–H groups in total. The minimum atomic E-state index is -1.75. The van der Waals surface area contributed by atoms with Gasteiger partial charge in [-0.2, -0.15) is 0 Å². The van der Waals surface area contributed by atoms with E-state index in [9.17, 15) is 5.11 Å². The summed E-state index contributed by atoms with van der Waals surface area (Å²) < 4.78 is 13.0. The van der Waals surface area contributed by atoms with Crippen molar-refractivity contribution in [1.29, 1.82) is 0 Å². The fourth-order valence-corrected chi connectivity index (χ4v) is 7.29. The van der Waals surface area contributed by atoms with Gasteiger partial charge in [0.25, 0.3) is 0 Å². The summed E-state index contributed by atoms with van der Waals surface area (Å²) in [6.07, 6.45) is 10.1. The Morgan fingerprint density at radius 2 is 1.77 bits per heavy atom. The second-order valence-corrected chi connectivity index (χ2v) is 17.1. The summed E-state index contributed by atoms with van der Waals surface area (Å²) in [4.78, 5) is 0. The van der Waals surface area contributed by atoms with Gasteiger partial charge >= 0.3 is 0 Å². The van der Waals surface area contributed by atoms with Crippen molar-refractivity contribution in [1.82, 2.24) is 0 Å². The Labute approximate surface area is 194 Å². The highest BCUT2D eigenvalue weighted by molar-refractivity contribution is 6.74. The number of hydrogen-bond acceptors (Lipinski definition) is 3. The first-order valence-corrected chi connectivity index (χ1v) is 15.9. The van der Waals surface area contributed by atoms with Gasteiger partial charge in [-0.3, -0.25) is 0 Å². The normalized spacial score (nSPS) is 29.8. The van der Waals surface area contributed by atoms with E-state index >= 15 is 0 Å². The maximum absolute atomic E-state index is 10.4. The van der Waals surface area contributed by atoms with Crippen LogP contribution in [0, 0.1) is 17.3 Å². The van der Waals surface area contributed by atoms with Gasteiger partial charge in [-0.25, -0.2) is 0 Å². The number of aliphatic hydroxyl groups is 1. The van der Waals surface area contributed by atoms with Crippen molar-refractivity contribution in [3.05, 3.63) is 12.2 Å². The number of fused-ring (bicyclic) bond motifs is 1. The summed E-state index contributed by atoms with van der Waals surface area (Å²) in [5.74, 6) is 1.20. The van der Waals surface area contributed by atoms with Crippen molar-refractivity contribution in [2.24, 2.45) is 17.3 Å². The van der Waals surface area contributed by atoms with Crippen molar-refractivity contribution in [3.63, 3.8) is 0 Å². The first-order valence-electron chi connectivity index (χ1n) is 13.0. The molecule has 182 valence electrons. The molecule has 0 spiro atoms. The maximum atomic E-state index is 10.4. The van der Waals surface area contributed by atoms with Crippen molar-refractivity contribution < 1.29 is 14.3 Å². The first-order chi connectivity index (χ1) is 14.3. The molecule has 0 amide bonds. The van der Waals surface area contributed by atoms with Gasteiger partial charge in [-0.05, 0) is 92.3 Å². The van der Waals surface area contributed by atoms with Crippen LogP contribution in [0.5, 0.6) is 0 Å². The van der Waals surface area contributed by atoms with Crippen molar-refractivity contribution in [3.8, 4) is 0 Å². The van der Waals surface area contributed by atoms with Crippen molar-refractivity contribution in [2.45, 2.75) is 129 Å². The van der Waals surface area contributed by atoms with Gasteiger partial charge in [0.05, 0.1) is 12.2 Å². The molecule has 0 aliphatic heterocycles. The van der Waals surface area contributed by atoms with E-state index in [4.69, 9.17) is 9.16 Å². The summed E-state index contributed by atoms with van der Waals surface area (Å²) in [6.45, 7) is 24.3. The average Bonchev–Trinajstić information content (AvgIpc) is 3.04. The van der Waals surface area contributed by atoms with E-state index in [1.165, 1.54) is 37.7 Å².